The van der Waals surface area contributed by atoms with Crippen LogP contribution in [0.25, 0.3) is 0 Å². The zero-order valence-corrected chi connectivity index (χ0v) is 15.4. The minimum atomic E-state index is -0.0829. The lowest BCUT2D eigenvalue weighted by Crippen LogP contribution is -2.49. The van der Waals surface area contributed by atoms with Gasteiger partial charge in [-0.2, -0.15) is 0 Å². The van der Waals surface area contributed by atoms with Crippen molar-refractivity contribution in [2.75, 3.05) is 19.6 Å². The summed E-state index contributed by atoms with van der Waals surface area (Å²) in [6, 6.07) is 1.66. The van der Waals surface area contributed by atoms with Crippen LogP contribution in [0.3, 0.4) is 0 Å². The number of hydrogen-bond acceptors (Lipinski definition) is 5. The van der Waals surface area contributed by atoms with Crippen LogP contribution in [0.2, 0.25) is 0 Å². The molecule has 0 aromatic carbocycles. The van der Waals surface area contributed by atoms with Crippen LogP contribution in [0.5, 0.6) is 0 Å². The Balaban J connectivity index is 0.00000288. The van der Waals surface area contributed by atoms with Gasteiger partial charge >= 0.3 is 0 Å². The molecule has 2 amide bonds. The SMILES string of the molecule is CC(=O)c1csc(C(=O)N2CCCCC2CNC(=O)CCN)c1.Cl. The zero-order chi connectivity index (χ0) is 16.8. The Bertz CT molecular complexity index is 591. The number of nitrogens with zero attached hydrogens (tertiary/aromatic N) is 1. The third-order valence-electron chi connectivity index (χ3n) is 4.01. The summed E-state index contributed by atoms with van der Waals surface area (Å²) in [4.78, 5) is 38.1. The predicted octanol–water partition coefficient (Wildman–Crippen LogP) is 1.83. The molecule has 0 saturated carbocycles. The Morgan fingerprint density at radius 3 is 2.75 bits per heavy atom. The number of amides is 2. The van der Waals surface area contributed by atoms with Crippen molar-refractivity contribution < 1.29 is 14.4 Å². The van der Waals surface area contributed by atoms with Crippen molar-refractivity contribution in [3.8, 4) is 0 Å². The summed E-state index contributed by atoms with van der Waals surface area (Å²) >= 11 is 1.30. The van der Waals surface area contributed by atoms with Crippen LogP contribution in [-0.2, 0) is 4.79 Å². The molecule has 8 heteroatoms. The van der Waals surface area contributed by atoms with E-state index in [2.05, 4.69) is 5.32 Å². The highest BCUT2D eigenvalue weighted by molar-refractivity contribution is 7.12. The topological polar surface area (TPSA) is 92.5 Å². The lowest BCUT2D eigenvalue weighted by molar-refractivity contribution is -0.121. The second-order valence-corrected chi connectivity index (χ2v) is 6.66. The highest BCUT2D eigenvalue weighted by Gasteiger charge is 2.28. The van der Waals surface area contributed by atoms with Gasteiger partial charge in [-0.3, -0.25) is 14.4 Å². The summed E-state index contributed by atoms with van der Waals surface area (Å²) in [5, 5.41) is 4.57. The zero-order valence-electron chi connectivity index (χ0n) is 13.7. The fraction of sp³-hybridized carbons (Fsp3) is 0.562. The number of piperidine rings is 1. The number of thiophene rings is 1. The summed E-state index contributed by atoms with van der Waals surface area (Å²) in [5.41, 5.74) is 5.94. The average molecular weight is 374 g/mol. The molecule has 1 aromatic heterocycles. The van der Waals surface area contributed by atoms with E-state index >= 15 is 0 Å². The predicted molar refractivity (Wildman–Crippen MR) is 96.9 cm³/mol. The molecule has 6 nitrogen and oxygen atoms in total. The molecule has 0 aliphatic carbocycles. The molecule has 1 aliphatic rings. The molecular formula is C16H24ClN3O3S. The number of hydrogen-bond donors (Lipinski definition) is 2. The first-order valence-corrected chi connectivity index (χ1v) is 8.78. The van der Waals surface area contributed by atoms with Gasteiger partial charge in [0.25, 0.3) is 5.91 Å². The van der Waals surface area contributed by atoms with Gasteiger partial charge in [0.15, 0.2) is 5.78 Å². The molecule has 1 aromatic rings. The van der Waals surface area contributed by atoms with Gasteiger partial charge < -0.3 is 16.0 Å². The van der Waals surface area contributed by atoms with Crippen LogP contribution in [0, 0.1) is 0 Å². The summed E-state index contributed by atoms with van der Waals surface area (Å²) in [6.07, 6.45) is 3.18. The van der Waals surface area contributed by atoms with Crippen LogP contribution in [0.4, 0.5) is 0 Å². The average Bonchev–Trinajstić information content (AvgIpc) is 3.03. The molecule has 0 spiro atoms. The molecule has 1 fully saturated rings. The van der Waals surface area contributed by atoms with E-state index in [9.17, 15) is 14.4 Å². The molecular weight excluding hydrogens is 350 g/mol. The summed E-state index contributed by atoms with van der Waals surface area (Å²) in [5.74, 6) is -0.176. The van der Waals surface area contributed by atoms with E-state index in [1.807, 2.05) is 4.90 Å². The number of carbonyl (C=O) groups excluding carboxylic acids is 3. The van der Waals surface area contributed by atoms with Gasteiger partial charge in [0.2, 0.25) is 5.91 Å². The van der Waals surface area contributed by atoms with Gasteiger partial charge in [-0.15, -0.1) is 23.7 Å². The van der Waals surface area contributed by atoms with Gasteiger partial charge in [0, 0.05) is 43.0 Å². The lowest BCUT2D eigenvalue weighted by atomic mass is 10.0. The molecule has 1 atom stereocenters. The number of halogens is 1. The maximum atomic E-state index is 12.7. The van der Waals surface area contributed by atoms with E-state index in [4.69, 9.17) is 5.73 Å². The molecule has 0 radical (unpaired) electrons. The maximum absolute atomic E-state index is 12.7. The second-order valence-electron chi connectivity index (χ2n) is 5.75. The molecule has 3 N–H and O–H groups in total. The Hall–Kier alpha value is -1.44. The Labute approximate surface area is 152 Å². The highest BCUT2D eigenvalue weighted by Crippen LogP contribution is 2.23. The van der Waals surface area contributed by atoms with Crippen molar-refractivity contribution in [1.82, 2.24) is 10.2 Å². The highest BCUT2D eigenvalue weighted by atomic mass is 35.5. The molecule has 24 heavy (non-hydrogen) atoms. The Morgan fingerprint density at radius 2 is 2.12 bits per heavy atom. The van der Waals surface area contributed by atoms with Crippen molar-refractivity contribution in [3.63, 3.8) is 0 Å². The van der Waals surface area contributed by atoms with Gasteiger partial charge in [-0.05, 0) is 32.3 Å². The van der Waals surface area contributed by atoms with Crippen molar-refractivity contribution in [2.45, 2.75) is 38.6 Å². The first kappa shape index (κ1) is 20.6. The van der Waals surface area contributed by atoms with Gasteiger partial charge in [-0.1, -0.05) is 0 Å². The quantitative estimate of drug-likeness (QED) is 0.744. The number of likely N-dealkylation sites (tertiary alicyclic amines) is 1. The summed E-state index contributed by atoms with van der Waals surface area (Å²) in [7, 11) is 0. The monoisotopic (exact) mass is 373 g/mol. The van der Waals surface area contributed by atoms with Crippen LogP contribution in [0.1, 0.15) is 52.6 Å². The van der Waals surface area contributed by atoms with Crippen LogP contribution in [0.15, 0.2) is 11.4 Å². The van der Waals surface area contributed by atoms with E-state index in [0.717, 1.165) is 19.3 Å². The van der Waals surface area contributed by atoms with E-state index in [-0.39, 0.29) is 36.0 Å². The lowest BCUT2D eigenvalue weighted by Gasteiger charge is -2.35. The molecule has 1 saturated heterocycles. The fourth-order valence-corrected chi connectivity index (χ4v) is 3.61. The van der Waals surface area contributed by atoms with Gasteiger partial charge in [0.1, 0.15) is 0 Å². The number of ketones is 1. The van der Waals surface area contributed by atoms with Crippen LogP contribution >= 0.6 is 23.7 Å². The van der Waals surface area contributed by atoms with Crippen molar-refractivity contribution >= 4 is 41.3 Å². The Kier molecular flexibility index (Phi) is 8.38. The molecule has 2 heterocycles. The minimum absolute atomic E-state index is 0. The van der Waals surface area contributed by atoms with E-state index in [1.54, 1.807) is 11.4 Å². The van der Waals surface area contributed by atoms with Crippen LogP contribution in [-0.4, -0.2) is 48.2 Å². The molecule has 1 aliphatic heterocycles. The van der Waals surface area contributed by atoms with Crippen molar-refractivity contribution in [3.05, 3.63) is 21.9 Å². The van der Waals surface area contributed by atoms with E-state index < -0.39 is 0 Å². The number of rotatable bonds is 6. The number of carbonyl (C=O) groups is 3. The summed E-state index contributed by atoms with van der Waals surface area (Å²) in [6.45, 7) is 2.95. The second kappa shape index (κ2) is 9.76. The molecule has 0 bridgehead atoms. The standard InChI is InChI=1S/C16H23N3O3S.ClH/c1-11(20)12-8-14(23-10-12)16(22)19-7-3-2-4-13(19)9-18-15(21)5-6-17;/h8,10,13H,2-7,9,17H2,1H3,(H,18,21);1H. The summed E-state index contributed by atoms with van der Waals surface area (Å²) < 4.78 is 0. The largest absolute Gasteiger partial charge is 0.354 e. The van der Waals surface area contributed by atoms with Gasteiger partial charge in [-0.25, -0.2) is 0 Å². The third kappa shape index (κ3) is 5.29. The fourth-order valence-electron chi connectivity index (χ4n) is 2.71. The number of Topliss-reactive ketones (excluding diaryl/α,β-unsaturated/α-hetero) is 1. The van der Waals surface area contributed by atoms with E-state index in [1.165, 1.54) is 18.3 Å². The first-order chi connectivity index (χ1) is 11.0. The normalized spacial score (nSPS) is 17.1. The number of nitrogens with two attached hydrogens (primary N) is 1. The first-order valence-electron chi connectivity index (χ1n) is 7.90. The van der Waals surface area contributed by atoms with E-state index in [0.29, 0.717) is 36.5 Å². The van der Waals surface area contributed by atoms with Crippen molar-refractivity contribution in [2.24, 2.45) is 5.73 Å². The Morgan fingerprint density at radius 1 is 1.38 bits per heavy atom. The van der Waals surface area contributed by atoms with Crippen molar-refractivity contribution in [1.29, 1.82) is 0 Å². The molecule has 2 rings (SSSR count). The minimum Gasteiger partial charge on any atom is -0.354 e. The van der Waals surface area contributed by atoms with Crippen LogP contribution < -0.4 is 11.1 Å². The third-order valence-corrected chi connectivity index (χ3v) is 4.93. The molecule has 1 unspecified atom stereocenters. The maximum Gasteiger partial charge on any atom is 0.264 e. The molecule has 134 valence electrons. The van der Waals surface area contributed by atoms with Gasteiger partial charge in [0.05, 0.1) is 4.88 Å². The smallest absolute Gasteiger partial charge is 0.264 e. The number of nitrogens with one attached hydrogen (secondary N) is 1.